The Bertz CT molecular complexity index is 2890. The molecule has 1 aliphatic carbocycles. The molecule has 0 saturated heterocycles. The minimum Gasteiger partial charge on any atom is -0.307 e. The van der Waals surface area contributed by atoms with Crippen LogP contribution in [0, 0.1) is 6.92 Å². The van der Waals surface area contributed by atoms with Gasteiger partial charge in [0, 0.05) is 32.0 Å². The standard InChI is InChI=1S/C51H45BrN2/c1-4-14-34-30-43(52)41-28-26-38-35(15-5-2)31-48(42-29-27-37(34)49(41)50(38)42)53(45-24-12-18-33-17-7-8-19-36(33)45)47-25-13-21-40-39-20-9-11-23-46(39)54(51(40)47)44-22-10-6-16-32(44)3/h6,9-13,16,18,20-31H,4-5,7-8,14-15,17,19H2,1-3H3. The van der Waals surface area contributed by atoms with Crippen LogP contribution in [0.4, 0.5) is 17.1 Å². The van der Waals surface area contributed by atoms with Gasteiger partial charge in [-0.1, -0.05) is 128 Å². The molecule has 0 atom stereocenters. The van der Waals surface area contributed by atoms with Crippen LogP contribution in [0.5, 0.6) is 0 Å². The van der Waals surface area contributed by atoms with E-state index in [1.807, 2.05) is 0 Å². The molecular formula is C51H45BrN2. The van der Waals surface area contributed by atoms with Gasteiger partial charge < -0.3 is 9.47 Å². The predicted octanol–water partition coefficient (Wildman–Crippen LogP) is 15.0. The fourth-order valence-corrected chi connectivity index (χ4v) is 10.4. The molecule has 0 unspecified atom stereocenters. The molecular weight excluding hydrogens is 720 g/mol. The summed E-state index contributed by atoms with van der Waals surface area (Å²) < 4.78 is 3.73. The smallest absolute Gasteiger partial charge is 0.0782 e. The number of hydrogen-bond donors (Lipinski definition) is 0. The van der Waals surface area contributed by atoms with Crippen LogP contribution in [-0.2, 0) is 25.7 Å². The molecule has 1 heterocycles. The Kier molecular flexibility index (Phi) is 8.25. The monoisotopic (exact) mass is 764 g/mol. The van der Waals surface area contributed by atoms with E-state index in [1.54, 1.807) is 0 Å². The molecule has 266 valence electrons. The maximum Gasteiger partial charge on any atom is 0.0782 e. The Morgan fingerprint density at radius 3 is 2.04 bits per heavy atom. The number of aryl methyl sites for hydroxylation is 4. The fourth-order valence-electron chi connectivity index (χ4n) is 9.81. The van der Waals surface area contributed by atoms with Crippen molar-refractivity contribution < 1.29 is 0 Å². The van der Waals surface area contributed by atoms with E-state index in [2.05, 4.69) is 167 Å². The Balaban J connectivity index is 1.39. The van der Waals surface area contributed by atoms with Crippen LogP contribution in [0.15, 0.2) is 126 Å². The normalized spacial score (nSPS) is 13.2. The number of halogens is 1. The van der Waals surface area contributed by atoms with Gasteiger partial charge >= 0.3 is 0 Å². The summed E-state index contributed by atoms with van der Waals surface area (Å²) in [4.78, 5) is 2.67. The molecule has 0 radical (unpaired) electrons. The lowest BCUT2D eigenvalue weighted by Gasteiger charge is -2.33. The molecule has 54 heavy (non-hydrogen) atoms. The lowest BCUT2D eigenvalue weighted by molar-refractivity contribution is 0.686. The van der Waals surface area contributed by atoms with Gasteiger partial charge in [-0.3, -0.25) is 0 Å². The topological polar surface area (TPSA) is 8.17 Å². The van der Waals surface area contributed by atoms with Crippen molar-refractivity contribution >= 4 is 87.1 Å². The van der Waals surface area contributed by atoms with Crippen LogP contribution in [0.3, 0.4) is 0 Å². The number of aromatic nitrogens is 1. The molecule has 0 N–H and O–H groups in total. The zero-order valence-electron chi connectivity index (χ0n) is 31.5. The van der Waals surface area contributed by atoms with Crippen LogP contribution in [0.25, 0.3) is 59.8 Å². The maximum atomic E-state index is 4.04. The zero-order valence-corrected chi connectivity index (χ0v) is 33.1. The predicted molar refractivity (Wildman–Crippen MR) is 236 cm³/mol. The molecule has 10 rings (SSSR count). The summed E-state index contributed by atoms with van der Waals surface area (Å²) in [5.41, 5.74) is 14.6. The third-order valence-corrected chi connectivity index (χ3v) is 12.8. The van der Waals surface area contributed by atoms with Crippen LogP contribution >= 0.6 is 15.9 Å². The highest BCUT2D eigenvalue weighted by molar-refractivity contribution is 9.10. The van der Waals surface area contributed by atoms with E-state index in [0.29, 0.717) is 0 Å². The lowest BCUT2D eigenvalue weighted by Crippen LogP contribution is -2.17. The molecule has 0 amide bonds. The van der Waals surface area contributed by atoms with E-state index in [-0.39, 0.29) is 0 Å². The van der Waals surface area contributed by atoms with Crippen LogP contribution in [0.2, 0.25) is 0 Å². The zero-order chi connectivity index (χ0) is 36.5. The third kappa shape index (κ3) is 5.04. The van der Waals surface area contributed by atoms with Crippen LogP contribution in [-0.4, -0.2) is 4.57 Å². The van der Waals surface area contributed by atoms with Crippen LogP contribution in [0.1, 0.15) is 67.3 Å². The van der Waals surface area contributed by atoms with Crippen molar-refractivity contribution in [1.82, 2.24) is 4.57 Å². The number of hydrogen-bond acceptors (Lipinski definition) is 1. The van der Waals surface area contributed by atoms with Gasteiger partial charge in [-0.05, 0) is 137 Å². The highest BCUT2D eigenvalue weighted by atomic mass is 79.9. The summed E-state index contributed by atoms with van der Waals surface area (Å²) in [5.74, 6) is 0. The van der Waals surface area contributed by atoms with E-state index in [4.69, 9.17) is 0 Å². The molecule has 8 aromatic carbocycles. The molecule has 0 aliphatic heterocycles. The summed E-state index contributed by atoms with van der Waals surface area (Å²) in [7, 11) is 0. The second kappa shape index (κ2) is 13.3. The first-order valence-corrected chi connectivity index (χ1v) is 20.8. The number of benzene rings is 8. The highest BCUT2D eigenvalue weighted by Crippen LogP contribution is 2.51. The van der Waals surface area contributed by atoms with Crippen molar-refractivity contribution in [2.75, 3.05) is 4.90 Å². The average Bonchev–Trinajstić information content (AvgIpc) is 3.54. The second-order valence-electron chi connectivity index (χ2n) is 15.4. The minimum absolute atomic E-state index is 1.03. The first kappa shape index (κ1) is 33.4. The lowest BCUT2D eigenvalue weighted by atomic mass is 9.86. The molecule has 0 fully saturated rings. The van der Waals surface area contributed by atoms with E-state index in [0.717, 1.165) is 38.5 Å². The minimum atomic E-state index is 1.03. The van der Waals surface area contributed by atoms with E-state index in [9.17, 15) is 0 Å². The Labute approximate surface area is 326 Å². The van der Waals surface area contributed by atoms with Crippen molar-refractivity contribution in [3.8, 4) is 5.69 Å². The summed E-state index contributed by atoms with van der Waals surface area (Å²) in [5, 5.41) is 10.7. The van der Waals surface area contributed by atoms with Crippen molar-refractivity contribution in [3.05, 3.63) is 154 Å². The largest absolute Gasteiger partial charge is 0.307 e. The number of fused-ring (bicyclic) bond motifs is 4. The number of nitrogens with zero attached hydrogens (tertiary/aromatic N) is 2. The Hall–Kier alpha value is -5.12. The Morgan fingerprint density at radius 2 is 1.22 bits per heavy atom. The van der Waals surface area contributed by atoms with Crippen molar-refractivity contribution in [1.29, 1.82) is 0 Å². The summed E-state index contributed by atoms with van der Waals surface area (Å²) in [6.07, 6.45) is 9.01. The number of anilines is 3. The molecule has 0 saturated carbocycles. The number of para-hydroxylation sites is 3. The van der Waals surface area contributed by atoms with Gasteiger partial charge in [0.15, 0.2) is 0 Å². The third-order valence-electron chi connectivity index (χ3n) is 12.2. The summed E-state index contributed by atoms with van der Waals surface area (Å²) >= 11 is 4.04. The van der Waals surface area contributed by atoms with Crippen LogP contribution < -0.4 is 4.90 Å². The highest BCUT2D eigenvalue weighted by Gasteiger charge is 2.28. The number of rotatable bonds is 8. The van der Waals surface area contributed by atoms with Gasteiger partial charge in [-0.15, -0.1) is 0 Å². The fraction of sp³-hybridized carbons (Fsp3) is 0.216. The molecule has 3 heteroatoms. The van der Waals surface area contributed by atoms with Crippen molar-refractivity contribution in [2.45, 2.75) is 72.1 Å². The maximum absolute atomic E-state index is 4.04. The summed E-state index contributed by atoms with van der Waals surface area (Å²) in [6.45, 7) is 6.85. The molecule has 0 spiro atoms. The summed E-state index contributed by atoms with van der Waals surface area (Å²) in [6, 6.07) is 46.4. The van der Waals surface area contributed by atoms with Gasteiger partial charge in [0.25, 0.3) is 0 Å². The molecule has 1 aromatic heterocycles. The SMILES string of the molecule is CCCc1cc(Br)c2ccc3c(CCC)cc(N(c4cccc5c4CCCC5)c4cccc5c6ccccc6n(-c6ccccc6C)c45)c4ccc1c2c34. The van der Waals surface area contributed by atoms with Gasteiger partial charge in [-0.25, -0.2) is 0 Å². The van der Waals surface area contributed by atoms with E-state index >= 15 is 0 Å². The van der Waals surface area contributed by atoms with E-state index in [1.165, 1.54) is 122 Å². The van der Waals surface area contributed by atoms with Crippen molar-refractivity contribution in [3.63, 3.8) is 0 Å². The quantitative estimate of drug-likeness (QED) is 0.140. The van der Waals surface area contributed by atoms with E-state index < -0.39 is 0 Å². The van der Waals surface area contributed by atoms with Crippen molar-refractivity contribution in [2.24, 2.45) is 0 Å². The Morgan fingerprint density at radius 1 is 0.574 bits per heavy atom. The molecule has 1 aliphatic rings. The van der Waals surface area contributed by atoms with Gasteiger partial charge in [0.2, 0.25) is 0 Å². The molecule has 0 bridgehead atoms. The first-order valence-electron chi connectivity index (χ1n) is 20.0. The average molecular weight is 766 g/mol. The first-order chi connectivity index (χ1) is 26.6. The van der Waals surface area contributed by atoms with Gasteiger partial charge in [-0.2, -0.15) is 0 Å². The van der Waals surface area contributed by atoms with Gasteiger partial charge in [0.05, 0.1) is 22.4 Å². The second-order valence-corrected chi connectivity index (χ2v) is 16.3. The molecule has 9 aromatic rings. The molecule has 2 nitrogen and oxygen atoms in total. The van der Waals surface area contributed by atoms with Gasteiger partial charge in [0.1, 0.15) is 0 Å².